The average molecular weight is 451 g/mol. The summed E-state index contributed by atoms with van der Waals surface area (Å²) in [5.41, 5.74) is 6.91. The van der Waals surface area contributed by atoms with Gasteiger partial charge < -0.3 is 10.9 Å². The fourth-order valence-electron chi connectivity index (χ4n) is 8.46. The number of amidine groups is 1. The number of oxime groups is 1. The van der Waals surface area contributed by atoms with Crippen LogP contribution < -0.4 is 5.73 Å². The number of hydrogen-bond donors (Lipinski definition) is 2. The van der Waals surface area contributed by atoms with E-state index in [2.05, 4.69) is 19.0 Å². The molecule has 3 heteroatoms. The molecule has 7 unspecified atom stereocenters. The van der Waals surface area contributed by atoms with Gasteiger partial charge in [0.15, 0.2) is 0 Å². The van der Waals surface area contributed by atoms with E-state index in [1.54, 1.807) is 0 Å². The average Bonchev–Trinajstić information content (AvgIpc) is 3.18. The van der Waals surface area contributed by atoms with Crippen molar-refractivity contribution in [3.05, 3.63) is 0 Å². The van der Waals surface area contributed by atoms with Crippen molar-refractivity contribution in [2.45, 2.75) is 139 Å². The summed E-state index contributed by atoms with van der Waals surface area (Å²) >= 11 is 0. The molecule has 0 radical (unpaired) electrons. The minimum absolute atomic E-state index is 0.400. The second-order valence-electron chi connectivity index (χ2n) is 10.7. The third-order valence-electron chi connectivity index (χ3n) is 9.89. The number of fused-ring (bicyclic) bond motifs is 5. The lowest BCUT2D eigenvalue weighted by Gasteiger charge is -2.60. The van der Waals surface area contributed by atoms with E-state index in [0.29, 0.717) is 16.7 Å². The summed E-state index contributed by atoms with van der Waals surface area (Å²) in [6.07, 6.45) is 17.9. The molecule has 0 aliphatic heterocycles. The molecule has 0 heterocycles. The summed E-state index contributed by atoms with van der Waals surface area (Å²) in [6, 6.07) is 0. The molecule has 3 nitrogen and oxygen atoms in total. The van der Waals surface area contributed by atoms with Crippen LogP contribution in [0.1, 0.15) is 139 Å². The first kappa shape index (κ1) is 29.3. The Morgan fingerprint density at radius 2 is 1.47 bits per heavy atom. The van der Waals surface area contributed by atoms with Crippen molar-refractivity contribution < 1.29 is 5.21 Å². The number of hydrogen-bond acceptors (Lipinski definition) is 2. The Bertz CT molecular complexity index is 547. The molecular formula is C29H58N2O. The normalized spacial score (nSPS) is 40.0. The van der Waals surface area contributed by atoms with Crippen LogP contribution in [0.3, 0.4) is 0 Å². The summed E-state index contributed by atoms with van der Waals surface area (Å²) in [4.78, 5) is 0. The van der Waals surface area contributed by atoms with Crippen molar-refractivity contribution in [1.82, 2.24) is 0 Å². The fraction of sp³-hybridized carbons (Fsp3) is 0.966. The third-order valence-corrected chi connectivity index (χ3v) is 9.89. The molecule has 0 saturated heterocycles. The van der Waals surface area contributed by atoms with Crippen LogP contribution in [0.2, 0.25) is 0 Å². The van der Waals surface area contributed by atoms with Crippen LogP contribution in [-0.2, 0) is 0 Å². The standard InChI is InChI=1S/C23H40N2O.3C2H6/c1-22-14-4-3-6-16(22)9-11-18-19-12-10-17(7-5-8-21(24)25-26)23(19,2)15-13-20(18)22;3*1-2/h16-20,26H,3-15H2,1-2H3,(H2,24,25);3*1-2H3. The topological polar surface area (TPSA) is 58.6 Å². The zero-order valence-electron chi connectivity index (χ0n) is 23.1. The second-order valence-corrected chi connectivity index (χ2v) is 10.7. The van der Waals surface area contributed by atoms with E-state index in [4.69, 9.17) is 10.9 Å². The van der Waals surface area contributed by atoms with Crippen LogP contribution in [0.4, 0.5) is 0 Å². The van der Waals surface area contributed by atoms with Crippen molar-refractivity contribution in [3.8, 4) is 0 Å². The lowest BCUT2D eigenvalue weighted by atomic mass is 9.45. The van der Waals surface area contributed by atoms with Crippen LogP contribution in [-0.4, -0.2) is 11.0 Å². The van der Waals surface area contributed by atoms with Gasteiger partial charge in [0.05, 0.1) is 0 Å². The summed E-state index contributed by atoms with van der Waals surface area (Å²) < 4.78 is 0. The molecule has 4 saturated carbocycles. The monoisotopic (exact) mass is 450 g/mol. The summed E-state index contributed by atoms with van der Waals surface area (Å²) in [6.45, 7) is 17.3. The molecule has 0 bridgehead atoms. The van der Waals surface area contributed by atoms with Crippen molar-refractivity contribution in [2.75, 3.05) is 0 Å². The van der Waals surface area contributed by atoms with Gasteiger partial charge in [-0.1, -0.05) is 73.4 Å². The van der Waals surface area contributed by atoms with Crippen LogP contribution in [0.5, 0.6) is 0 Å². The summed E-state index contributed by atoms with van der Waals surface area (Å²) in [5, 5.41) is 11.9. The van der Waals surface area contributed by atoms with E-state index in [1.807, 2.05) is 41.5 Å². The number of rotatable bonds is 4. The maximum absolute atomic E-state index is 8.78. The molecular weight excluding hydrogens is 392 g/mol. The van der Waals surface area contributed by atoms with Gasteiger partial charge in [-0.15, -0.1) is 0 Å². The SMILES string of the molecule is CC.CC.CC.CC12CCCCC1CCC1C2CCC2(C)C(CCC/C(N)=N/O)CCC12. The van der Waals surface area contributed by atoms with Gasteiger partial charge in [0.1, 0.15) is 5.84 Å². The molecule has 0 amide bonds. The molecule has 0 spiro atoms. The number of nitrogens with zero attached hydrogens (tertiary/aromatic N) is 1. The Morgan fingerprint density at radius 1 is 0.812 bits per heavy atom. The second kappa shape index (κ2) is 13.9. The fourth-order valence-corrected chi connectivity index (χ4v) is 8.46. The quantitative estimate of drug-likeness (QED) is 0.194. The first-order valence-corrected chi connectivity index (χ1v) is 14.5. The third kappa shape index (κ3) is 5.84. The van der Waals surface area contributed by atoms with Crippen molar-refractivity contribution in [3.63, 3.8) is 0 Å². The van der Waals surface area contributed by atoms with E-state index < -0.39 is 0 Å². The van der Waals surface area contributed by atoms with E-state index in [-0.39, 0.29) is 0 Å². The molecule has 4 fully saturated rings. The van der Waals surface area contributed by atoms with E-state index in [1.165, 1.54) is 70.6 Å². The van der Waals surface area contributed by atoms with E-state index >= 15 is 0 Å². The largest absolute Gasteiger partial charge is 0.409 e. The number of nitrogens with two attached hydrogens (primary N) is 1. The van der Waals surface area contributed by atoms with Crippen LogP contribution in [0, 0.1) is 40.4 Å². The highest BCUT2D eigenvalue weighted by atomic mass is 16.4. The van der Waals surface area contributed by atoms with Crippen LogP contribution in [0.15, 0.2) is 5.16 Å². The van der Waals surface area contributed by atoms with Gasteiger partial charge in [-0.25, -0.2) is 0 Å². The zero-order chi connectivity index (χ0) is 24.4. The van der Waals surface area contributed by atoms with Gasteiger partial charge >= 0.3 is 0 Å². The molecule has 0 aromatic heterocycles. The van der Waals surface area contributed by atoms with E-state index in [0.717, 1.165) is 42.4 Å². The molecule has 0 aromatic rings. The molecule has 0 aromatic carbocycles. The predicted octanol–water partition coefficient (Wildman–Crippen LogP) is 9.03. The minimum Gasteiger partial charge on any atom is -0.409 e. The Balaban J connectivity index is 0.000000789. The van der Waals surface area contributed by atoms with Gasteiger partial charge in [0, 0.05) is 6.42 Å². The van der Waals surface area contributed by atoms with Gasteiger partial charge in [0.25, 0.3) is 0 Å². The maximum atomic E-state index is 8.78. The van der Waals surface area contributed by atoms with Crippen molar-refractivity contribution in [1.29, 1.82) is 0 Å². The van der Waals surface area contributed by atoms with Gasteiger partial charge in [0.2, 0.25) is 0 Å². The Labute approximate surface area is 201 Å². The molecule has 7 atom stereocenters. The highest BCUT2D eigenvalue weighted by molar-refractivity contribution is 5.79. The summed E-state index contributed by atoms with van der Waals surface area (Å²) in [5.74, 6) is 5.26. The molecule has 32 heavy (non-hydrogen) atoms. The molecule has 3 N–H and O–H groups in total. The lowest BCUT2D eigenvalue weighted by molar-refractivity contribution is -0.111. The lowest BCUT2D eigenvalue weighted by Crippen LogP contribution is -2.52. The van der Waals surface area contributed by atoms with Gasteiger partial charge in [-0.3, -0.25) is 0 Å². The molecule has 4 aliphatic carbocycles. The van der Waals surface area contributed by atoms with Gasteiger partial charge in [-0.2, -0.15) is 0 Å². The first-order valence-electron chi connectivity index (χ1n) is 14.5. The highest BCUT2D eigenvalue weighted by Gasteiger charge is 2.59. The first-order chi connectivity index (χ1) is 15.5. The smallest absolute Gasteiger partial charge is 0.139 e. The molecule has 4 aliphatic rings. The van der Waals surface area contributed by atoms with Crippen molar-refractivity contribution >= 4 is 5.84 Å². The Kier molecular flexibility index (Phi) is 12.7. The van der Waals surface area contributed by atoms with Crippen LogP contribution in [0.25, 0.3) is 0 Å². The molecule has 190 valence electrons. The highest BCUT2D eigenvalue weighted by Crippen LogP contribution is 2.67. The maximum Gasteiger partial charge on any atom is 0.139 e. The molecule has 4 rings (SSSR count). The van der Waals surface area contributed by atoms with Gasteiger partial charge in [-0.05, 0) is 105 Å². The van der Waals surface area contributed by atoms with E-state index in [9.17, 15) is 0 Å². The zero-order valence-corrected chi connectivity index (χ0v) is 23.1. The minimum atomic E-state index is 0.400. The Hall–Kier alpha value is -0.730. The predicted molar refractivity (Wildman–Crippen MR) is 141 cm³/mol. The Morgan fingerprint density at radius 3 is 2.12 bits per heavy atom. The summed E-state index contributed by atoms with van der Waals surface area (Å²) in [7, 11) is 0. The van der Waals surface area contributed by atoms with Crippen LogP contribution >= 0.6 is 0 Å². The van der Waals surface area contributed by atoms with Crippen molar-refractivity contribution in [2.24, 2.45) is 51.3 Å².